The fraction of sp³-hybridized carbons (Fsp3) is 0.625. The Morgan fingerprint density at radius 1 is 1.19 bits per heavy atom. The summed E-state index contributed by atoms with van der Waals surface area (Å²) < 4.78 is 11.8. The van der Waals surface area contributed by atoms with E-state index < -0.39 is 0 Å². The van der Waals surface area contributed by atoms with Crippen LogP contribution in [0.25, 0.3) is 0 Å². The first kappa shape index (κ1) is 14.9. The lowest BCUT2D eigenvalue weighted by atomic mass is 9.97. The molecule has 0 spiro atoms. The van der Waals surface area contributed by atoms with Crippen molar-refractivity contribution in [3.05, 3.63) is 22.7 Å². The molecule has 3 rings (SSSR count). The fourth-order valence-electron chi connectivity index (χ4n) is 2.67. The average molecular weight is 311 g/mol. The maximum absolute atomic E-state index is 6.39. The molecule has 1 N–H and O–H groups in total. The molecular formula is C16H23ClN2O2. The molecule has 116 valence electrons. The van der Waals surface area contributed by atoms with Gasteiger partial charge >= 0.3 is 0 Å². The number of ether oxygens (including phenoxy) is 2. The number of benzene rings is 1. The molecule has 1 aromatic rings. The molecule has 0 bridgehead atoms. The molecular weight excluding hydrogens is 288 g/mol. The average Bonchev–Trinajstić information content (AvgIpc) is 2.60. The van der Waals surface area contributed by atoms with Crippen LogP contribution in [0.2, 0.25) is 5.02 Å². The zero-order chi connectivity index (χ0) is 14.9. The van der Waals surface area contributed by atoms with Gasteiger partial charge in [-0.1, -0.05) is 25.4 Å². The van der Waals surface area contributed by atoms with E-state index in [-0.39, 0.29) is 5.41 Å². The van der Waals surface area contributed by atoms with Crippen molar-refractivity contribution in [2.45, 2.75) is 20.4 Å². The van der Waals surface area contributed by atoms with Crippen molar-refractivity contribution in [1.29, 1.82) is 0 Å². The molecule has 0 saturated carbocycles. The minimum atomic E-state index is 0.00104. The summed E-state index contributed by atoms with van der Waals surface area (Å²) in [4.78, 5) is 2.43. The Morgan fingerprint density at radius 2 is 1.90 bits per heavy atom. The predicted molar refractivity (Wildman–Crippen MR) is 84.4 cm³/mol. The van der Waals surface area contributed by atoms with Crippen LogP contribution in [-0.4, -0.2) is 44.3 Å². The van der Waals surface area contributed by atoms with Crippen LogP contribution in [0.15, 0.2) is 12.1 Å². The summed E-state index contributed by atoms with van der Waals surface area (Å²) in [6, 6.07) is 4.08. The van der Waals surface area contributed by atoms with Crippen molar-refractivity contribution in [2.24, 2.45) is 5.41 Å². The van der Waals surface area contributed by atoms with Crippen molar-refractivity contribution in [2.75, 3.05) is 39.4 Å². The summed E-state index contributed by atoms with van der Waals surface area (Å²) >= 11 is 6.39. The normalized spacial score (nSPS) is 21.9. The lowest BCUT2D eigenvalue weighted by Crippen LogP contribution is -2.42. The van der Waals surface area contributed by atoms with E-state index in [2.05, 4.69) is 30.1 Å². The predicted octanol–water partition coefficient (Wildman–Crippen LogP) is 2.54. The smallest absolute Gasteiger partial charge is 0.179 e. The summed E-state index contributed by atoms with van der Waals surface area (Å²) in [6.45, 7) is 10.7. The third-order valence-corrected chi connectivity index (χ3v) is 4.19. The summed E-state index contributed by atoms with van der Waals surface area (Å²) in [5.41, 5.74) is 1.19. The van der Waals surface area contributed by atoms with Gasteiger partial charge in [-0.25, -0.2) is 0 Å². The summed E-state index contributed by atoms with van der Waals surface area (Å²) in [6.07, 6.45) is 0. The number of hydrogen-bond acceptors (Lipinski definition) is 4. The number of halogens is 1. The molecule has 0 aromatic heterocycles. The van der Waals surface area contributed by atoms with E-state index in [0.29, 0.717) is 24.0 Å². The highest BCUT2D eigenvalue weighted by Gasteiger charge is 2.27. The van der Waals surface area contributed by atoms with E-state index in [1.54, 1.807) is 0 Å². The van der Waals surface area contributed by atoms with Crippen LogP contribution in [0, 0.1) is 5.41 Å². The first-order chi connectivity index (χ1) is 10.0. The number of hydrogen-bond donors (Lipinski definition) is 1. The monoisotopic (exact) mass is 310 g/mol. The van der Waals surface area contributed by atoms with Crippen LogP contribution in [-0.2, 0) is 6.54 Å². The molecule has 21 heavy (non-hydrogen) atoms. The number of nitrogens with zero attached hydrogens (tertiary/aromatic N) is 1. The lowest BCUT2D eigenvalue weighted by Gasteiger charge is -2.27. The van der Waals surface area contributed by atoms with E-state index >= 15 is 0 Å². The highest BCUT2D eigenvalue weighted by atomic mass is 35.5. The molecule has 1 saturated heterocycles. The van der Waals surface area contributed by atoms with Gasteiger partial charge in [0.05, 0.1) is 18.2 Å². The number of fused-ring (bicyclic) bond motifs is 1. The van der Waals surface area contributed by atoms with Crippen LogP contribution < -0.4 is 14.8 Å². The Hall–Kier alpha value is -0.970. The molecule has 2 aliphatic heterocycles. The summed E-state index contributed by atoms with van der Waals surface area (Å²) in [7, 11) is 0. The Balaban J connectivity index is 1.79. The van der Waals surface area contributed by atoms with E-state index in [4.69, 9.17) is 21.1 Å². The topological polar surface area (TPSA) is 33.7 Å². The number of nitrogens with one attached hydrogen (secondary N) is 1. The molecule has 0 atom stereocenters. The lowest BCUT2D eigenvalue weighted by molar-refractivity contribution is 0.140. The highest BCUT2D eigenvalue weighted by molar-refractivity contribution is 6.32. The molecule has 0 amide bonds. The minimum absolute atomic E-state index is 0.00104. The SMILES string of the molecule is CC1(C)COc2cc(CN3CCNCC3)cc(Cl)c2OC1. The molecule has 2 aliphatic rings. The number of piperazine rings is 1. The fourth-order valence-corrected chi connectivity index (χ4v) is 2.96. The molecule has 0 radical (unpaired) electrons. The van der Waals surface area contributed by atoms with Crippen LogP contribution in [0.1, 0.15) is 19.4 Å². The molecule has 0 aliphatic carbocycles. The van der Waals surface area contributed by atoms with Gasteiger partial charge in [0, 0.05) is 38.1 Å². The molecule has 1 fully saturated rings. The molecule has 2 heterocycles. The van der Waals surface area contributed by atoms with E-state index in [0.717, 1.165) is 38.5 Å². The van der Waals surface area contributed by atoms with Gasteiger partial charge in [0.25, 0.3) is 0 Å². The van der Waals surface area contributed by atoms with Gasteiger partial charge in [0.15, 0.2) is 11.5 Å². The van der Waals surface area contributed by atoms with E-state index in [1.807, 2.05) is 6.07 Å². The molecule has 0 unspecified atom stereocenters. The van der Waals surface area contributed by atoms with Crippen LogP contribution in [0.5, 0.6) is 11.5 Å². The summed E-state index contributed by atoms with van der Waals surface area (Å²) in [5.74, 6) is 1.46. The van der Waals surface area contributed by atoms with Crippen LogP contribution in [0.4, 0.5) is 0 Å². The van der Waals surface area contributed by atoms with Gasteiger partial charge in [-0.3, -0.25) is 4.90 Å². The van der Waals surface area contributed by atoms with Crippen LogP contribution >= 0.6 is 11.6 Å². The summed E-state index contributed by atoms with van der Waals surface area (Å²) in [5, 5.41) is 4.02. The van der Waals surface area contributed by atoms with Gasteiger partial charge in [-0.05, 0) is 17.7 Å². The first-order valence-electron chi connectivity index (χ1n) is 7.55. The Morgan fingerprint density at radius 3 is 2.67 bits per heavy atom. The Labute approximate surface area is 131 Å². The van der Waals surface area contributed by atoms with Crippen molar-refractivity contribution < 1.29 is 9.47 Å². The zero-order valence-electron chi connectivity index (χ0n) is 12.7. The quantitative estimate of drug-likeness (QED) is 0.910. The van der Waals surface area contributed by atoms with Gasteiger partial charge < -0.3 is 14.8 Å². The second-order valence-corrected chi connectivity index (χ2v) is 7.08. The largest absolute Gasteiger partial charge is 0.489 e. The first-order valence-corrected chi connectivity index (χ1v) is 7.92. The van der Waals surface area contributed by atoms with Gasteiger partial charge in [0.2, 0.25) is 0 Å². The van der Waals surface area contributed by atoms with Crippen molar-refractivity contribution in [3.8, 4) is 11.5 Å². The molecule has 1 aromatic carbocycles. The Kier molecular flexibility index (Phi) is 4.29. The van der Waals surface area contributed by atoms with Crippen molar-refractivity contribution >= 4 is 11.6 Å². The van der Waals surface area contributed by atoms with Gasteiger partial charge in [-0.2, -0.15) is 0 Å². The zero-order valence-corrected chi connectivity index (χ0v) is 13.5. The second-order valence-electron chi connectivity index (χ2n) is 6.67. The third-order valence-electron chi connectivity index (χ3n) is 3.91. The van der Waals surface area contributed by atoms with Gasteiger partial charge in [0.1, 0.15) is 0 Å². The Bertz CT molecular complexity index is 513. The minimum Gasteiger partial charge on any atom is -0.489 e. The maximum atomic E-state index is 6.39. The van der Waals surface area contributed by atoms with E-state index in [1.165, 1.54) is 5.56 Å². The standard InChI is InChI=1S/C16H23ClN2O2/c1-16(2)10-20-14-8-12(7-13(17)15(14)21-11-16)9-19-5-3-18-4-6-19/h7-8,18H,3-6,9-11H2,1-2H3. The number of rotatable bonds is 2. The van der Waals surface area contributed by atoms with Crippen LogP contribution in [0.3, 0.4) is 0 Å². The molecule has 4 nitrogen and oxygen atoms in total. The van der Waals surface area contributed by atoms with Crippen molar-refractivity contribution in [3.63, 3.8) is 0 Å². The maximum Gasteiger partial charge on any atom is 0.179 e. The van der Waals surface area contributed by atoms with Crippen molar-refractivity contribution in [1.82, 2.24) is 10.2 Å². The van der Waals surface area contributed by atoms with E-state index in [9.17, 15) is 0 Å². The highest BCUT2D eigenvalue weighted by Crippen LogP contribution is 2.40. The van der Waals surface area contributed by atoms with Gasteiger partial charge in [-0.15, -0.1) is 0 Å². The second kappa shape index (κ2) is 6.03. The molecule has 5 heteroatoms. The third kappa shape index (κ3) is 3.62.